The van der Waals surface area contributed by atoms with E-state index in [1.807, 2.05) is 24.3 Å². The van der Waals surface area contributed by atoms with Gasteiger partial charge >= 0.3 is 13.5 Å². The van der Waals surface area contributed by atoms with E-state index in [2.05, 4.69) is 25.8 Å². The quantitative estimate of drug-likeness (QED) is 0.375. The number of rotatable bonds is 7. The summed E-state index contributed by atoms with van der Waals surface area (Å²) in [5.74, 6) is 0. The van der Waals surface area contributed by atoms with E-state index in [0.717, 1.165) is 27.3 Å². The zero-order valence-electron chi connectivity index (χ0n) is 19.2. The molecule has 2 aliphatic heterocycles. The number of phosphoric ester groups is 1. The van der Waals surface area contributed by atoms with E-state index in [-0.39, 0.29) is 11.4 Å². The van der Waals surface area contributed by atoms with Crippen molar-refractivity contribution in [3.8, 4) is 0 Å². The van der Waals surface area contributed by atoms with E-state index in [9.17, 15) is 19.3 Å². The first-order valence-corrected chi connectivity index (χ1v) is 15.3. The molecule has 14 heteroatoms. The van der Waals surface area contributed by atoms with Crippen LogP contribution in [0.4, 0.5) is 4.39 Å². The molecule has 4 rings (SSSR count). The van der Waals surface area contributed by atoms with Gasteiger partial charge in [-0.15, -0.1) is 0 Å². The molecular weight excluding hydrogens is 538 g/mol. The van der Waals surface area contributed by atoms with Crippen LogP contribution in [0.25, 0.3) is 0 Å². The van der Waals surface area contributed by atoms with Crippen molar-refractivity contribution in [1.29, 1.82) is 0 Å². The summed E-state index contributed by atoms with van der Waals surface area (Å²) >= 11 is 0.601. The average molecular weight is 565 g/mol. The Balaban J connectivity index is 1.41. The second kappa shape index (κ2) is 10.4. The summed E-state index contributed by atoms with van der Waals surface area (Å²) in [5.41, 5.74) is -0.435. The highest BCUT2D eigenvalue weighted by molar-refractivity contribution is 8.77. The molecule has 35 heavy (non-hydrogen) atoms. The molecule has 0 bridgehead atoms. The third kappa shape index (κ3) is 6.27. The maximum atomic E-state index is 15.5. The summed E-state index contributed by atoms with van der Waals surface area (Å²) in [6.45, 7) is 5.71. The summed E-state index contributed by atoms with van der Waals surface area (Å²) in [4.78, 5) is 26.6. The van der Waals surface area contributed by atoms with Crippen LogP contribution in [-0.2, 0) is 24.6 Å². The summed E-state index contributed by atoms with van der Waals surface area (Å²) in [7, 11) is -0.792. The van der Waals surface area contributed by atoms with Gasteiger partial charge in [0.25, 0.3) is 5.56 Å². The molecule has 192 valence electrons. The Morgan fingerprint density at radius 1 is 1.34 bits per heavy atom. The van der Waals surface area contributed by atoms with Gasteiger partial charge in [-0.25, -0.2) is 13.8 Å². The summed E-state index contributed by atoms with van der Waals surface area (Å²) < 4.78 is 45.6. The van der Waals surface area contributed by atoms with Crippen LogP contribution >= 0.6 is 41.2 Å². The molecule has 1 aromatic heterocycles. The number of phosphoric acid groups is 1. The first-order chi connectivity index (χ1) is 16.4. The van der Waals surface area contributed by atoms with Gasteiger partial charge in [0.2, 0.25) is 5.00 Å². The standard InChI is InChI=1S/C21H26FN2O7PS3/c1-20(2,3)35-34-14-7-5-4-6-13(14)9-11-29-32(28)30-12-21(22)17(31-32)16(26)18(33-21)24-10-8-15(25)23-19(24)27/h4-8,10,16-18,26H,9,11-12H2,1-3H3,(H,23,25,27)/t16-,17?,18+,21+,32?/m0/s1. The molecule has 0 saturated carbocycles. The van der Waals surface area contributed by atoms with Crippen molar-refractivity contribution in [2.45, 2.75) is 59.4 Å². The van der Waals surface area contributed by atoms with Gasteiger partial charge in [0.1, 0.15) is 24.2 Å². The Labute approximate surface area is 213 Å². The summed E-state index contributed by atoms with van der Waals surface area (Å²) in [6.07, 6.45) is -1.52. The van der Waals surface area contributed by atoms with Crippen molar-refractivity contribution in [2.75, 3.05) is 13.2 Å². The maximum absolute atomic E-state index is 15.5. The number of aromatic nitrogens is 2. The lowest BCUT2D eigenvalue weighted by molar-refractivity contribution is -0.0861. The van der Waals surface area contributed by atoms with Gasteiger partial charge in [-0.05, 0) is 18.1 Å². The highest BCUT2D eigenvalue weighted by Gasteiger charge is 2.63. The number of fused-ring (bicyclic) bond motifs is 1. The van der Waals surface area contributed by atoms with Gasteiger partial charge in [-0.3, -0.25) is 27.9 Å². The fourth-order valence-electron chi connectivity index (χ4n) is 3.48. The number of alkyl halides is 1. The zero-order chi connectivity index (χ0) is 25.4. The molecule has 2 saturated heterocycles. The number of aliphatic hydroxyl groups is 1. The highest BCUT2D eigenvalue weighted by Crippen LogP contribution is 2.64. The molecule has 9 nitrogen and oxygen atoms in total. The summed E-state index contributed by atoms with van der Waals surface area (Å²) in [5, 5.41) is 7.34. The zero-order valence-corrected chi connectivity index (χ0v) is 22.6. The molecule has 0 radical (unpaired) electrons. The van der Waals surface area contributed by atoms with Crippen LogP contribution < -0.4 is 11.2 Å². The molecule has 5 atom stereocenters. The average Bonchev–Trinajstić information content (AvgIpc) is 3.03. The lowest BCUT2D eigenvalue weighted by Gasteiger charge is -2.35. The molecule has 0 amide bonds. The van der Waals surface area contributed by atoms with Crippen LogP contribution in [0, 0.1) is 0 Å². The van der Waals surface area contributed by atoms with Gasteiger partial charge in [-0.2, -0.15) is 0 Å². The largest absolute Gasteiger partial charge is 0.475 e. The second-order valence-corrected chi connectivity index (χ2v) is 15.0. The van der Waals surface area contributed by atoms with Crippen LogP contribution in [0.5, 0.6) is 0 Å². The fourth-order valence-corrected chi connectivity index (χ4v) is 8.74. The molecule has 2 unspecified atom stereocenters. The Morgan fingerprint density at radius 3 is 2.80 bits per heavy atom. The van der Waals surface area contributed by atoms with Gasteiger partial charge in [0.05, 0.1) is 6.61 Å². The van der Waals surface area contributed by atoms with E-state index >= 15 is 4.39 Å². The van der Waals surface area contributed by atoms with Crippen molar-refractivity contribution in [3.05, 3.63) is 62.9 Å². The molecule has 1 aromatic carbocycles. The Morgan fingerprint density at radius 2 is 2.09 bits per heavy atom. The van der Waals surface area contributed by atoms with E-state index in [1.165, 1.54) is 0 Å². The smallest absolute Gasteiger partial charge is 0.387 e. The van der Waals surface area contributed by atoms with Crippen LogP contribution in [0.15, 0.2) is 51.0 Å². The normalized spacial score (nSPS) is 30.8. The molecule has 2 fully saturated rings. The van der Waals surface area contributed by atoms with E-state index in [4.69, 9.17) is 13.6 Å². The number of hydrogen-bond donors (Lipinski definition) is 2. The van der Waals surface area contributed by atoms with Crippen molar-refractivity contribution >= 4 is 41.2 Å². The third-order valence-electron chi connectivity index (χ3n) is 5.11. The third-order valence-corrected chi connectivity index (χ3v) is 11.5. The molecule has 2 aliphatic rings. The predicted molar refractivity (Wildman–Crippen MR) is 136 cm³/mol. The van der Waals surface area contributed by atoms with Crippen molar-refractivity contribution in [3.63, 3.8) is 0 Å². The molecular formula is C21H26FN2O7PS3. The number of nitrogens with zero attached hydrogens (tertiary/aromatic N) is 1. The number of H-pyrrole nitrogens is 1. The van der Waals surface area contributed by atoms with Gasteiger partial charge in [0, 0.05) is 21.9 Å². The number of thioether (sulfide) groups is 1. The minimum Gasteiger partial charge on any atom is -0.387 e. The summed E-state index contributed by atoms with van der Waals surface area (Å²) in [6, 6.07) is 8.87. The Hall–Kier alpha value is -1.05. The molecule has 0 aliphatic carbocycles. The van der Waals surface area contributed by atoms with Crippen LogP contribution in [0.2, 0.25) is 0 Å². The maximum Gasteiger partial charge on any atom is 0.475 e. The molecule has 2 N–H and O–H groups in total. The lowest BCUT2D eigenvalue weighted by atomic mass is 10.1. The number of halogens is 1. The second-order valence-electron chi connectivity index (χ2n) is 9.02. The topological polar surface area (TPSA) is 120 Å². The van der Waals surface area contributed by atoms with E-state index in [1.54, 1.807) is 21.6 Å². The van der Waals surface area contributed by atoms with E-state index in [0.29, 0.717) is 18.2 Å². The van der Waals surface area contributed by atoms with Gasteiger partial charge in [0.15, 0.2) is 0 Å². The molecule has 0 spiro atoms. The number of hydrogen-bond acceptors (Lipinski definition) is 10. The molecule has 2 aromatic rings. The Bertz CT molecular complexity index is 1240. The number of benzene rings is 1. The van der Waals surface area contributed by atoms with E-state index < -0.39 is 48.3 Å². The van der Waals surface area contributed by atoms with Gasteiger partial charge < -0.3 is 5.11 Å². The minimum atomic E-state index is -4.17. The van der Waals surface area contributed by atoms with Crippen LogP contribution in [0.3, 0.4) is 0 Å². The van der Waals surface area contributed by atoms with Crippen molar-refractivity contribution in [2.24, 2.45) is 0 Å². The Kier molecular flexibility index (Phi) is 8.00. The molecule has 3 heterocycles. The van der Waals surface area contributed by atoms with Crippen molar-refractivity contribution in [1.82, 2.24) is 9.55 Å². The van der Waals surface area contributed by atoms with Gasteiger partial charge in [-0.1, -0.05) is 72.3 Å². The highest BCUT2D eigenvalue weighted by atomic mass is 33.1. The minimum absolute atomic E-state index is 0.00686. The monoisotopic (exact) mass is 564 g/mol. The van der Waals surface area contributed by atoms with Crippen molar-refractivity contribution < 1.29 is 27.6 Å². The first kappa shape index (κ1) is 27.0. The SMILES string of the molecule is CC(C)(C)SSc1ccccc1CCOP1(=O)OC[C@@]2(F)S[C@@H](n3ccc(=O)[nH]c3=O)[C@@H](O)C2O1. The number of aliphatic hydroxyl groups excluding tert-OH is 1. The lowest BCUT2D eigenvalue weighted by Crippen LogP contribution is -2.46. The number of nitrogens with one attached hydrogen (secondary N) is 1. The van der Waals surface area contributed by atoms with Crippen LogP contribution in [-0.4, -0.2) is 49.8 Å². The predicted octanol–water partition coefficient (Wildman–Crippen LogP) is 4.13. The number of aromatic amines is 1. The van der Waals surface area contributed by atoms with Crippen LogP contribution in [0.1, 0.15) is 31.7 Å². The fraction of sp³-hybridized carbons (Fsp3) is 0.524. The first-order valence-electron chi connectivity index (χ1n) is 10.8.